The number of halogens is 7. The van der Waals surface area contributed by atoms with Gasteiger partial charge in [-0.1, -0.05) is 30.0 Å². The second-order valence-electron chi connectivity index (χ2n) is 10.5. The Morgan fingerprint density at radius 1 is 1.09 bits per heavy atom. The van der Waals surface area contributed by atoms with E-state index in [-0.39, 0.29) is 51.5 Å². The molecule has 3 aromatic rings. The number of nitrogen functional groups attached to an aromatic ring is 1. The first-order valence-corrected chi connectivity index (χ1v) is 14.2. The van der Waals surface area contributed by atoms with Gasteiger partial charge in [-0.15, -0.1) is 0 Å². The minimum atomic E-state index is -4.99. The Bertz CT molecular complexity index is 1680. The van der Waals surface area contributed by atoms with Crippen LogP contribution in [0.1, 0.15) is 33.9 Å². The molecule has 242 valence electrons. The summed E-state index contributed by atoms with van der Waals surface area (Å²) in [6.45, 7) is 8.17. The molecule has 0 fully saturated rings. The molecule has 1 unspecified atom stereocenters. The number of hydrogen-bond acceptors (Lipinski definition) is 6. The number of nitrogens with two attached hydrogens (primary N) is 2. The van der Waals surface area contributed by atoms with Crippen molar-refractivity contribution in [3.8, 4) is 0 Å². The predicted molar refractivity (Wildman–Crippen MR) is 181 cm³/mol. The highest BCUT2D eigenvalue weighted by atomic mass is 35.5. The molecule has 1 atom stereocenters. The highest BCUT2D eigenvalue weighted by Crippen LogP contribution is 2.46. The summed E-state index contributed by atoms with van der Waals surface area (Å²) in [5.74, 6) is -1.87. The molecular formula is C31H30B3ClF6N6. The van der Waals surface area contributed by atoms with Gasteiger partial charge in [0.25, 0.3) is 0 Å². The molecule has 0 amide bonds. The van der Waals surface area contributed by atoms with Gasteiger partial charge in [0.05, 0.1) is 57.9 Å². The van der Waals surface area contributed by atoms with Crippen molar-refractivity contribution in [2.24, 2.45) is 5.73 Å². The van der Waals surface area contributed by atoms with Crippen LogP contribution >= 0.6 is 11.6 Å². The fraction of sp³-hybridized carbons (Fsp3) is 0.226. The average molecular weight is 669 g/mol. The van der Waals surface area contributed by atoms with Crippen LogP contribution in [-0.2, 0) is 6.18 Å². The van der Waals surface area contributed by atoms with E-state index in [0.717, 1.165) is 18.3 Å². The quantitative estimate of drug-likeness (QED) is 0.0989. The molecule has 0 aliphatic rings. The van der Waals surface area contributed by atoms with E-state index in [1.165, 1.54) is 40.4 Å². The molecule has 6 radical (unpaired) electrons. The Balaban J connectivity index is 2.52. The Morgan fingerprint density at radius 2 is 1.74 bits per heavy atom. The lowest BCUT2D eigenvalue weighted by Crippen LogP contribution is -2.48. The number of anilines is 4. The van der Waals surface area contributed by atoms with Crippen LogP contribution in [0.5, 0.6) is 0 Å². The van der Waals surface area contributed by atoms with Crippen molar-refractivity contribution in [2.45, 2.75) is 24.4 Å². The van der Waals surface area contributed by atoms with Gasteiger partial charge in [-0.25, -0.2) is 13.2 Å². The lowest BCUT2D eigenvalue weighted by atomic mass is 9.48. The minimum absolute atomic E-state index is 0.112. The summed E-state index contributed by atoms with van der Waals surface area (Å²) in [5.41, 5.74) is 10.3. The zero-order chi connectivity index (χ0) is 35.4. The van der Waals surface area contributed by atoms with Gasteiger partial charge in [0.1, 0.15) is 18.3 Å². The summed E-state index contributed by atoms with van der Waals surface area (Å²) in [4.78, 5) is 2.71. The molecule has 0 aromatic heterocycles. The van der Waals surface area contributed by atoms with Crippen LogP contribution in [0.25, 0.3) is 5.70 Å². The molecule has 6 nitrogen and oxygen atoms in total. The summed E-state index contributed by atoms with van der Waals surface area (Å²) < 4.78 is 84.2. The first kappa shape index (κ1) is 37.2. The molecule has 47 heavy (non-hydrogen) atoms. The van der Waals surface area contributed by atoms with Crippen molar-refractivity contribution in [1.29, 1.82) is 0 Å². The monoisotopic (exact) mass is 668 g/mol. The number of alkyl halides is 4. The molecule has 0 heterocycles. The zero-order valence-corrected chi connectivity index (χ0v) is 26.3. The van der Waals surface area contributed by atoms with Gasteiger partial charge in [0.15, 0.2) is 0 Å². The number of nitrogens with zero attached hydrogens (tertiary/aromatic N) is 2. The van der Waals surface area contributed by atoms with Crippen LogP contribution in [0.2, 0.25) is 5.02 Å². The predicted octanol–water partition coefficient (Wildman–Crippen LogP) is 6.19. The highest BCUT2D eigenvalue weighted by Gasteiger charge is 2.36. The second-order valence-corrected chi connectivity index (χ2v) is 10.9. The van der Waals surface area contributed by atoms with Gasteiger partial charge >= 0.3 is 6.18 Å². The first-order chi connectivity index (χ1) is 21.9. The van der Waals surface area contributed by atoms with E-state index in [1.807, 2.05) is 0 Å². The lowest BCUT2D eigenvalue weighted by Gasteiger charge is -2.41. The van der Waals surface area contributed by atoms with Gasteiger partial charge < -0.3 is 31.9 Å². The van der Waals surface area contributed by atoms with E-state index in [1.54, 1.807) is 14.0 Å². The molecular weight excluding hydrogens is 638 g/mol. The third kappa shape index (κ3) is 8.01. The van der Waals surface area contributed by atoms with Crippen LogP contribution in [0, 0.1) is 18.6 Å². The molecule has 3 aromatic carbocycles. The van der Waals surface area contributed by atoms with Gasteiger partial charge in [-0.3, -0.25) is 0 Å². The van der Waals surface area contributed by atoms with Crippen molar-refractivity contribution in [1.82, 2.24) is 5.32 Å². The third-order valence-corrected chi connectivity index (χ3v) is 7.61. The third-order valence-electron chi connectivity index (χ3n) is 7.26. The molecule has 3 rings (SSSR count). The van der Waals surface area contributed by atoms with E-state index in [4.69, 9.17) is 46.6 Å². The van der Waals surface area contributed by atoms with Gasteiger partial charge in [0.2, 0.25) is 0 Å². The van der Waals surface area contributed by atoms with Crippen LogP contribution in [-0.4, -0.2) is 49.0 Å². The maximum Gasteiger partial charge on any atom is 0.418 e. The summed E-state index contributed by atoms with van der Waals surface area (Å²) in [6.07, 6.45) is -1.54. The second kappa shape index (κ2) is 14.7. The molecule has 6 N–H and O–H groups in total. The molecule has 0 aliphatic heterocycles. The summed E-state index contributed by atoms with van der Waals surface area (Å²) in [6, 6.07) is 5.13. The van der Waals surface area contributed by atoms with E-state index < -0.39 is 52.6 Å². The lowest BCUT2D eigenvalue weighted by molar-refractivity contribution is -0.137. The summed E-state index contributed by atoms with van der Waals surface area (Å²) >= 11 is 6.54. The Hall–Kier alpha value is -4.26. The van der Waals surface area contributed by atoms with Crippen molar-refractivity contribution in [3.63, 3.8) is 0 Å². The van der Waals surface area contributed by atoms with E-state index in [0.29, 0.717) is 5.56 Å². The summed E-state index contributed by atoms with van der Waals surface area (Å²) in [5, 5.41) is 4.05. The molecule has 16 heteroatoms. The molecule has 0 spiro atoms. The summed E-state index contributed by atoms with van der Waals surface area (Å²) in [7, 11) is 19.9. The van der Waals surface area contributed by atoms with Crippen molar-refractivity contribution in [3.05, 3.63) is 113 Å². The Labute approximate surface area is 278 Å². The standard InChI is InChI=1S/C31H30B3ClF6N6/c1-5-44-28(19-11-17(37)7-8-22(19)35)26-16(3)29(47(6-2)31(32,33)34)25(46(4)10-9-36)14-23(26)45-24(15-42)20-12-18(38)13-21(27(20)43)30(39,40)41/h5-8,11-15,28,44-45H,1-2,9-10,42-43H2,3-4H3/b24-15+. The molecule has 0 saturated carbocycles. The van der Waals surface area contributed by atoms with E-state index in [2.05, 4.69) is 23.8 Å². The number of rotatable bonds is 13. The van der Waals surface area contributed by atoms with E-state index >= 15 is 0 Å². The minimum Gasteiger partial charge on any atom is -0.403 e. The highest BCUT2D eigenvalue weighted by molar-refractivity contribution is 6.61. The number of nitrogens with one attached hydrogen (secondary N) is 2. The van der Waals surface area contributed by atoms with Gasteiger partial charge in [0, 0.05) is 47.2 Å². The van der Waals surface area contributed by atoms with Crippen molar-refractivity contribution in [2.75, 3.05) is 41.1 Å². The zero-order valence-electron chi connectivity index (χ0n) is 25.5. The molecule has 0 aliphatic carbocycles. The average Bonchev–Trinajstić information content (AvgIpc) is 2.97. The normalized spacial score (nSPS) is 12.7. The van der Waals surface area contributed by atoms with Crippen LogP contribution in [0.3, 0.4) is 0 Å². The smallest absolute Gasteiger partial charge is 0.403 e. The van der Waals surface area contributed by atoms with Gasteiger partial charge in [-0.2, -0.15) is 13.2 Å². The van der Waals surface area contributed by atoms with Crippen LogP contribution in [0.4, 0.5) is 49.1 Å². The maximum absolute atomic E-state index is 14.6. The topological polar surface area (TPSA) is 82.6 Å². The Morgan fingerprint density at radius 3 is 2.28 bits per heavy atom. The fourth-order valence-electron chi connectivity index (χ4n) is 5.17. The number of benzene rings is 3. The SMILES string of the molecule is [B]C([B])([B])N(C=C)c1c(N(C)CCF)cc(N/C(=C/N)c2cc(F)cc(C(F)(F)F)c2N)c(C(NC=C)c2cc(F)ccc2Cl)c1C. The molecule has 0 saturated heterocycles. The van der Waals surface area contributed by atoms with Crippen molar-refractivity contribution >= 4 is 63.6 Å². The van der Waals surface area contributed by atoms with Crippen LogP contribution < -0.4 is 31.9 Å². The Kier molecular flexibility index (Phi) is 11.6. The first-order valence-electron chi connectivity index (χ1n) is 13.8. The van der Waals surface area contributed by atoms with Gasteiger partial charge in [-0.05, 0) is 61.3 Å². The maximum atomic E-state index is 14.6. The molecule has 0 bridgehead atoms. The largest absolute Gasteiger partial charge is 0.418 e. The van der Waals surface area contributed by atoms with E-state index in [9.17, 15) is 26.3 Å². The van der Waals surface area contributed by atoms with Crippen LogP contribution in [0.15, 0.2) is 68.2 Å². The van der Waals surface area contributed by atoms with Crippen molar-refractivity contribution < 1.29 is 26.3 Å². The number of hydrogen-bond donors (Lipinski definition) is 4. The fourth-order valence-corrected chi connectivity index (χ4v) is 5.39.